The fourth-order valence-electron chi connectivity index (χ4n) is 1.62. The molecule has 1 aromatic rings. The van der Waals surface area contributed by atoms with Crippen LogP contribution >= 0.6 is 0 Å². The van der Waals surface area contributed by atoms with Gasteiger partial charge in [-0.3, -0.25) is 14.9 Å². The van der Waals surface area contributed by atoms with Crippen LogP contribution in [0.3, 0.4) is 0 Å². The van der Waals surface area contributed by atoms with Crippen LogP contribution in [0, 0.1) is 22.9 Å². The first-order valence-corrected chi connectivity index (χ1v) is 7.96. The molecule has 0 unspecified atom stereocenters. The molecule has 0 aliphatic heterocycles. The number of nitro benzene ring substituents is 1. The predicted molar refractivity (Wildman–Crippen MR) is 74.5 cm³/mol. The van der Waals surface area contributed by atoms with Gasteiger partial charge in [-0.05, 0) is 12.5 Å². The van der Waals surface area contributed by atoms with E-state index in [1.54, 1.807) is 0 Å². The zero-order chi connectivity index (χ0) is 16.4. The number of halogens is 1. The maximum atomic E-state index is 13.9. The highest BCUT2D eigenvalue weighted by Crippen LogP contribution is 2.22. The molecule has 0 aromatic heterocycles. The van der Waals surface area contributed by atoms with Crippen LogP contribution < -0.4 is 0 Å². The number of hydrogen-bond donors (Lipinski definition) is 0. The van der Waals surface area contributed by atoms with Gasteiger partial charge < -0.3 is 4.90 Å². The molecule has 0 spiro atoms. The van der Waals surface area contributed by atoms with Crippen LogP contribution in [0.2, 0.25) is 0 Å². The third-order valence-corrected chi connectivity index (χ3v) is 3.75. The first kappa shape index (κ1) is 17.0. The first-order chi connectivity index (χ1) is 9.53. The van der Waals surface area contributed by atoms with Crippen molar-refractivity contribution in [2.75, 3.05) is 25.6 Å². The van der Waals surface area contributed by atoms with Gasteiger partial charge in [-0.2, -0.15) is 0 Å². The summed E-state index contributed by atoms with van der Waals surface area (Å²) < 4.78 is 36.1. The molecular weight excluding hydrogens is 303 g/mol. The van der Waals surface area contributed by atoms with E-state index in [1.165, 1.54) is 14.0 Å². The van der Waals surface area contributed by atoms with Crippen LogP contribution in [-0.4, -0.2) is 49.7 Å². The van der Waals surface area contributed by atoms with E-state index in [4.69, 9.17) is 0 Å². The fraction of sp³-hybridized carbons (Fsp3) is 0.417. The molecule has 21 heavy (non-hydrogen) atoms. The molecule has 1 aromatic carbocycles. The molecule has 0 fully saturated rings. The average Bonchev–Trinajstić information content (AvgIpc) is 2.37. The van der Waals surface area contributed by atoms with Crippen LogP contribution in [0.15, 0.2) is 12.1 Å². The molecule has 0 N–H and O–H groups in total. The molecule has 1 amide bonds. The number of carbonyl (C=O) groups is 1. The van der Waals surface area contributed by atoms with Gasteiger partial charge in [0.2, 0.25) is 0 Å². The van der Waals surface area contributed by atoms with Crippen molar-refractivity contribution in [2.24, 2.45) is 0 Å². The van der Waals surface area contributed by atoms with Crippen molar-refractivity contribution in [2.45, 2.75) is 6.92 Å². The SMILES string of the molecule is Cc1cc([N+](=O)[O-])cc(C(=O)N(C)CCS(C)(=O)=O)c1F. The smallest absolute Gasteiger partial charge is 0.270 e. The highest BCUT2D eigenvalue weighted by Gasteiger charge is 2.22. The minimum absolute atomic E-state index is 0.0240. The molecule has 7 nitrogen and oxygen atoms in total. The van der Waals surface area contributed by atoms with E-state index >= 15 is 0 Å². The van der Waals surface area contributed by atoms with Gasteiger partial charge >= 0.3 is 0 Å². The van der Waals surface area contributed by atoms with E-state index in [0.717, 1.165) is 23.3 Å². The molecule has 116 valence electrons. The number of sulfone groups is 1. The molecule has 0 aliphatic rings. The third kappa shape index (κ3) is 4.48. The predicted octanol–water partition coefficient (Wildman–Crippen LogP) is 1.16. The van der Waals surface area contributed by atoms with Crippen molar-refractivity contribution in [3.05, 3.63) is 39.2 Å². The molecule has 1 rings (SSSR count). The van der Waals surface area contributed by atoms with Gasteiger partial charge in [-0.15, -0.1) is 0 Å². The standard InChI is InChI=1S/C12H15FN2O5S/c1-8-6-9(15(17)18)7-10(11(8)13)12(16)14(2)4-5-21(3,19)20/h6-7H,4-5H2,1-3H3. The lowest BCUT2D eigenvalue weighted by Crippen LogP contribution is -2.32. The number of aryl methyl sites for hydroxylation is 1. The molecule has 0 bridgehead atoms. The number of carbonyl (C=O) groups excluding carboxylic acids is 1. The zero-order valence-corrected chi connectivity index (χ0v) is 12.6. The van der Waals surface area contributed by atoms with E-state index in [2.05, 4.69) is 0 Å². The van der Waals surface area contributed by atoms with Crippen LogP contribution in [0.1, 0.15) is 15.9 Å². The first-order valence-electron chi connectivity index (χ1n) is 5.90. The summed E-state index contributed by atoms with van der Waals surface area (Å²) in [4.78, 5) is 23.1. The summed E-state index contributed by atoms with van der Waals surface area (Å²) in [5.74, 6) is -1.93. The van der Waals surface area contributed by atoms with E-state index in [-0.39, 0.29) is 17.9 Å². The third-order valence-electron chi connectivity index (χ3n) is 2.82. The van der Waals surface area contributed by atoms with Crippen molar-refractivity contribution in [1.82, 2.24) is 4.90 Å². The molecular formula is C12H15FN2O5S. The lowest BCUT2D eigenvalue weighted by Gasteiger charge is -2.17. The second kappa shape index (κ2) is 6.17. The van der Waals surface area contributed by atoms with Crippen LogP contribution in [0.4, 0.5) is 10.1 Å². The molecule has 0 atom stereocenters. The number of nitro groups is 1. The highest BCUT2D eigenvalue weighted by molar-refractivity contribution is 7.90. The second-order valence-corrected chi connectivity index (χ2v) is 7.00. The molecule has 0 radical (unpaired) electrons. The second-order valence-electron chi connectivity index (χ2n) is 4.74. The Morgan fingerprint density at radius 2 is 2.00 bits per heavy atom. The van der Waals surface area contributed by atoms with Crippen molar-refractivity contribution >= 4 is 21.4 Å². The number of rotatable bonds is 5. The molecule has 0 saturated carbocycles. The van der Waals surface area contributed by atoms with Crippen molar-refractivity contribution in [3.63, 3.8) is 0 Å². The summed E-state index contributed by atoms with van der Waals surface area (Å²) in [5.41, 5.74) is -0.865. The number of hydrogen-bond acceptors (Lipinski definition) is 5. The fourth-order valence-corrected chi connectivity index (χ4v) is 2.23. The van der Waals surface area contributed by atoms with E-state index in [9.17, 15) is 27.7 Å². The molecule has 0 aliphatic carbocycles. The largest absolute Gasteiger partial charge is 0.341 e. The Hall–Kier alpha value is -2.03. The summed E-state index contributed by atoms with van der Waals surface area (Å²) in [6, 6.07) is 1.88. The topological polar surface area (TPSA) is 97.6 Å². The van der Waals surface area contributed by atoms with E-state index < -0.39 is 37.7 Å². The number of nitrogens with zero attached hydrogens (tertiary/aromatic N) is 2. The van der Waals surface area contributed by atoms with Crippen LogP contribution in [-0.2, 0) is 9.84 Å². The van der Waals surface area contributed by atoms with Crippen molar-refractivity contribution in [1.29, 1.82) is 0 Å². The van der Waals surface area contributed by atoms with E-state index in [0.29, 0.717) is 0 Å². The normalized spacial score (nSPS) is 11.2. The lowest BCUT2D eigenvalue weighted by atomic mass is 10.1. The average molecular weight is 318 g/mol. The van der Waals surface area contributed by atoms with Crippen molar-refractivity contribution in [3.8, 4) is 0 Å². The van der Waals surface area contributed by atoms with Crippen LogP contribution in [0.25, 0.3) is 0 Å². The Labute approximate surface area is 121 Å². The highest BCUT2D eigenvalue weighted by atomic mass is 32.2. The van der Waals surface area contributed by atoms with Gasteiger partial charge in [0, 0.05) is 32.0 Å². The quantitative estimate of drug-likeness (QED) is 0.599. The van der Waals surface area contributed by atoms with Gasteiger partial charge in [0.25, 0.3) is 11.6 Å². The Bertz CT molecular complexity index is 687. The summed E-state index contributed by atoms with van der Waals surface area (Å²) in [6.07, 6.45) is 1.02. The van der Waals surface area contributed by atoms with Gasteiger partial charge in [-0.1, -0.05) is 0 Å². The maximum absolute atomic E-state index is 13.9. The maximum Gasteiger partial charge on any atom is 0.270 e. The minimum Gasteiger partial charge on any atom is -0.341 e. The minimum atomic E-state index is -3.27. The van der Waals surface area contributed by atoms with Gasteiger partial charge in [0.1, 0.15) is 15.7 Å². The Morgan fingerprint density at radius 1 is 1.43 bits per heavy atom. The molecule has 0 heterocycles. The summed E-state index contributed by atoms with van der Waals surface area (Å²) in [7, 11) is -1.96. The number of non-ortho nitro benzene ring substituents is 1. The van der Waals surface area contributed by atoms with Crippen LogP contribution in [0.5, 0.6) is 0 Å². The Morgan fingerprint density at radius 3 is 2.48 bits per heavy atom. The summed E-state index contributed by atoms with van der Waals surface area (Å²) in [5, 5.41) is 10.7. The monoisotopic (exact) mass is 318 g/mol. The van der Waals surface area contributed by atoms with E-state index in [1.807, 2.05) is 0 Å². The van der Waals surface area contributed by atoms with Gasteiger partial charge in [0.15, 0.2) is 0 Å². The zero-order valence-electron chi connectivity index (χ0n) is 11.8. The van der Waals surface area contributed by atoms with Gasteiger partial charge in [0.05, 0.1) is 16.2 Å². The Balaban J connectivity index is 3.09. The molecule has 9 heteroatoms. The van der Waals surface area contributed by atoms with Gasteiger partial charge in [-0.25, -0.2) is 12.8 Å². The number of amides is 1. The summed E-state index contributed by atoms with van der Waals surface area (Å²) >= 11 is 0. The summed E-state index contributed by atoms with van der Waals surface area (Å²) in [6.45, 7) is 1.19. The lowest BCUT2D eigenvalue weighted by molar-refractivity contribution is -0.385. The number of benzene rings is 1. The van der Waals surface area contributed by atoms with Crippen molar-refractivity contribution < 1.29 is 22.5 Å². The Kier molecular flexibility index (Phi) is 5.00. The molecule has 0 saturated heterocycles.